The fourth-order valence-electron chi connectivity index (χ4n) is 2.19. The van der Waals surface area contributed by atoms with Gasteiger partial charge in [-0.3, -0.25) is 0 Å². The van der Waals surface area contributed by atoms with E-state index in [2.05, 4.69) is 28.9 Å². The van der Waals surface area contributed by atoms with Crippen molar-refractivity contribution in [1.29, 1.82) is 0 Å². The van der Waals surface area contributed by atoms with E-state index in [0.717, 1.165) is 18.5 Å². The molecule has 1 aliphatic carbocycles. The van der Waals surface area contributed by atoms with E-state index in [4.69, 9.17) is 0 Å². The van der Waals surface area contributed by atoms with Gasteiger partial charge in [-0.15, -0.1) is 0 Å². The first kappa shape index (κ1) is 16.5. The quantitative estimate of drug-likeness (QED) is 0.655. The molecule has 0 amide bonds. The van der Waals surface area contributed by atoms with Crippen molar-refractivity contribution in [3.8, 4) is 0 Å². The summed E-state index contributed by atoms with van der Waals surface area (Å²) in [6.45, 7) is 6.91. The average molecular weight is 313 g/mol. The highest BCUT2D eigenvalue weighted by Gasteiger charge is 2.22. The predicted octanol–water partition coefficient (Wildman–Crippen LogP) is 2.37. The van der Waals surface area contributed by atoms with Gasteiger partial charge in [-0.2, -0.15) is 0 Å². The molecule has 1 aromatic heterocycles. The van der Waals surface area contributed by atoms with E-state index in [-0.39, 0.29) is 6.04 Å². The van der Waals surface area contributed by atoms with Crippen LogP contribution in [0.3, 0.4) is 0 Å². The fraction of sp³-hybridized carbons (Fsp3) is 0.733. The van der Waals surface area contributed by atoms with Crippen LogP contribution in [-0.2, 0) is 16.6 Å². The minimum Gasteiger partial charge on any atom is -0.363 e. The average Bonchev–Trinajstić information content (AvgIpc) is 3.09. The summed E-state index contributed by atoms with van der Waals surface area (Å²) in [6.07, 6.45) is 5.90. The molecule has 21 heavy (non-hydrogen) atoms. The van der Waals surface area contributed by atoms with Gasteiger partial charge in [-0.1, -0.05) is 13.8 Å². The van der Waals surface area contributed by atoms with Crippen LogP contribution in [0.1, 0.15) is 52.1 Å². The first-order valence-electron chi connectivity index (χ1n) is 7.80. The van der Waals surface area contributed by atoms with Crippen LogP contribution in [0.15, 0.2) is 17.2 Å². The van der Waals surface area contributed by atoms with Gasteiger partial charge >= 0.3 is 0 Å². The van der Waals surface area contributed by atoms with Crippen molar-refractivity contribution < 1.29 is 8.42 Å². The summed E-state index contributed by atoms with van der Waals surface area (Å²) in [6, 6.07) is 2.29. The second kappa shape index (κ2) is 6.94. The number of aromatic nitrogens is 1. The number of sulfonamides is 1. The summed E-state index contributed by atoms with van der Waals surface area (Å²) in [5, 5.41) is 3.36. The molecule has 6 heteroatoms. The second-order valence-corrected chi connectivity index (χ2v) is 8.22. The standard InChI is InChI=1S/C15H27N3O2S/c1-11(2)4-5-12(3)18-21(19,20)15-8-14(17-10-15)9-16-13-6-7-13/h8,10-13,16-18H,4-7,9H2,1-3H3. The Morgan fingerprint density at radius 1 is 1.29 bits per heavy atom. The van der Waals surface area contributed by atoms with Gasteiger partial charge in [0.1, 0.15) is 0 Å². The van der Waals surface area contributed by atoms with Gasteiger partial charge < -0.3 is 10.3 Å². The number of nitrogens with one attached hydrogen (secondary N) is 3. The summed E-state index contributed by atoms with van der Waals surface area (Å²) >= 11 is 0. The van der Waals surface area contributed by atoms with Crippen LogP contribution in [-0.4, -0.2) is 25.5 Å². The number of hydrogen-bond donors (Lipinski definition) is 3. The van der Waals surface area contributed by atoms with E-state index in [1.54, 1.807) is 12.3 Å². The Balaban J connectivity index is 1.88. The van der Waals surface area contributed by atoms with Crippen molar-refractivity contribution in [3.63, 3.8) is 0 Å². The van der Waals surface area contributed by atoms with Crippen molar-refractivity contribution in [2.45, 2.75) is 70.0 Å². The molecule has 120 valence electrons. The third kappa shape index (κ3) is 5.45. The van der Waals surface area contributed by atoms with Crippen LogP contribution in [0.2, 0.25) is 0 Å². The monoisotopic (exact) mass is 313 g/mol. The zero-order chi connectivity index (χ0) is 15.5. The topological polar surface area (TPSA) is 74.0 Å². The van der Waals surface area contributed by atoms with Crippen LogP contribution < -0.4 is 10.0 Å². The lowest BCUT2D eigenvalue weighted by Crippen LogP contribution is -2.32. The third-order valence-electron chi connectivity index (χ3n) is 3.72. The summed E-state index contributed by atoms with van der Waals surface area (Å²) in [5.41, 5.74) is 0.914. The van der Waals surface area contributed by atoms with Crippen LogP contribution in [0.5, 0.6) is 0 Å². The van der Waals surface area contributed by atoms with Crippen LogP contribution in [0.4, 0.5) is 0 Å². The Morgan fingerprint density at radius 2 is 2.00 bits per heavy atom. The van der Waals surface area contributed by atoms with Crippen LogP contribution in [0, 0.1) is 5.92 Å². The summed E-state index contributed by atoms with van der Waals surface area (Å²) in [5.74, 6) is 0.587. The smallest absolute Gasteiger partial charge is 0.242 e. The molecule has 0 aromatic carbocycles. The van der Waals surface area contributed by atoms with Gasteiger partial charge in [-0.05, 0) is 44.6 Å². The van der Waals surface area contributed by atoms with E-state index in [1.165, 1.54) is 12.8 Å². The zero-order valence-corrected chi connectivity index (χ0v) is 14.0. The molecule has 1 atom stereocenters. The van der Waals surface area contributed by atoms with E-state index in [1.807, 2.05) is 6.92 Å². The molecule has 3 N–H and O–H groups in total. The molecular formula is C15H27N3O2S. The molecule has 1 unspecified atom stereocenters. The van der Waals surface area contributed by atoms with Crippen LogP contribution in [0.25, 0.3) is 0 Å². The SMILES string of the molecule is CC(C)CCC(C)NS(=O)(=O)c1c[nH]c(CNC2CC2)c1. The van der Waals surface area contributed by atoms with Gasteiger partial charge in [0.25, 0.3) is 0 Å². The Labute approximate surface area is 128 Å². The maximum atomic E-state index is 12.3. The van der Waals surface area contributed by atoms with Crippen LogP contribution >= 0.6 is 0 Å². The predicted molar refractivity (Wildman–Crippen MR) is 84.5 cm³/mol. The molecule has 0 bridgehead atoms. The highest BCUT2D eigenvalue weighted by atomic mass is 32.2. The van der Waals surface area contributed by atoms with Gasteiger partial charge in [0, 0.05) is 30.5 Å². The van der Waals surface area contributed by atoms with Crippen molar-refractivity contribution in [3.05, 3.63) is 18.0 Å². The fourth-order valence-corrected chi connectivity index (χ4v) is 3.49. The summed E-state index contributed by atoms with van der Waals surface area (Å²) in [7, 11) is -3.42. The molecule has 0 spiro atoms. The summed E-state index contributed by atoms with van der Waals surface area (Å²) in [4.78, 5) is 3.36. The van der Waals surface area contributed by atoms with Crippen molar-refractivity contribution in [1.82, 2.24) is 15.0 Å². The van der Waals surface area contributed by atoms with E-state index >= 15 is 0 Å². The molecule has 0 radical (unpaired) electrons. The van der Waals surface area contributed by atoms with E-state index in [0.29, 0.717) is 23.4 Å². The second-order valence-electron chi connectivity index (χ2n) is 6.51. The lowest BCUT2D eigenvalue weighted by atomic mass is 10.1. The largest absolute Gasteiger partial charge is 0.363 e. The lowest BCUT2D eigenvalue weighted by molar-refractivity contribution is 0.485. The molecule has 1 heterocycles. The first-order chi connectivity index (χ1) is 9.87. The molecule has 0 saturated heterocycles. The molecule has 1 aliphatic rings. The Kier molecular flexibility index (Phi) is 5.46. The minimum absolute atomic E-state index is 0.0414. The molecule has 1 aromatic rings. The maximum Gasteiger partial charge on any atom is 0.242 e. The number of rotatable bonds is 9. The van der Waals surface area contributed by atoms with E-state index < -0.39 is 10.0 Å². The zero-order valence-electron chi connectivity index (χ0n) is 13.1. The number of aromatic amines is 1. The highest BCUT2D eigenvalue weighted by molar-refractivity contribution is 7.89. The molecular weight excluding hydrogens is 286 g/mol. The molecule has 1 saturated carbocycles. The van der Waals surface area contributed by atoms with Crippen molar-refractivity contribution in [2.75, 3.05) is 0 Å². The third-order valence-corrected chi connectivity index (χ3v) is 5.29. The van der Waals surface area contributed by atoms with E-state index in [9.17, 15) is 8.42 Å². The summed E-state index contributed by atoms with van der Waals surface area (Å²) < 4.78 is 27.3. The lowest BCUT2D eigenvalue weighted by Gasteiger charge is -2.14. The number of H-pyrrole nitrogens is 1. The molecule has 5 nitrogen and oxygen atoms in total. The molecule has 1 fully saturated rings. The van der Waals surface area contributed by atoms with Crippen molar-refractivity contribution in [2.24, 2.45) is 5.92 Å². The molecule has 0 aliphatic heterocycles. The van der Waals surface area contributed by atoms with Gasteiger partial charge in [0.2, 0.25) is 10.0 Å². The maximum absolute atomic E-state index is 12.3. The Hall–Kier alpha value is -0.850. The number of hydrogen-bond acceptors (Lipinski definition) is 3. The van der Waals surface area contributed by atoms with Gasteiger partial charge in [-0.25, -0.2) is 13.1 Å². The van der Waals surface area contributed by atoms with Crippen molar-refractivity contribution >= 4 is 10.0 Å². The normalized spacial score (nSPS) is 17.3. The van der Waals surface area contributed by atoms with Gasteiger partial charge in [0.15, 0.2) is 0 Å². The highest BCUT2D eigenvalue weighted by Crippen LogP contribution is 2.20. The van der Waals surface area contributed by atoms with Gasteiger partial charge in [0.05, 0.1) is 4.90 Å². The Morgan fingerprint density at radius 3 is 2.62 bits per heavy atom. The Bertz CT molecular complexity index is 547. The minimum atomic E-state index is -3.42. The first-order valence-corrected chi connectivity index (χ1v) is 9.28. The molecule has 2 rings (SSSR count).